The Morgan fingerprint density at radius 1 is 1.27 bits per heavy atom. The average Bonchev–Trinajstić information content (AvgIpc) is 2.12. The van der Waals surface area contributed by atoms with Gasteiger partial charge in [0.05, 0.1) is 12.0 Å². The Morgan fingerprint density at radius 3 is 2.27 bits per heavy atom. The number of ketones is 1. The summed E-state index contributed by atoms with van der Waals surface area (Å²) < 4.78 is 38.6. The smallest absolute Gasteiger partial charge is 0.180 e. The normalized spacial score (nSPS) is 9.33. The summed E-state index contributed by atoms with van der Waals surface area (Å²) in [6.07, 6.45) is -0.282. The lowest BCUT2D eigenvalue weighted by Gasteiger charge is -2.01. The van der Waals surface area contributed by atoms with Gasteiger partial charge in [0.25, 0.3) is 0 Å². The minimum absolute atomic E-state index is 0.282. The van der Waals surface area contributed by atoms with Crippen LogP contribution >= 0.6 is 0 Å². The molecule has 0 saturated carbocycles. The van der Waals surface area contributed by atoms with E-state index in [0.717, 1.165) is 0 Å². The predicted molar refractivity (Wildman–Crippen MR) is 48.7 cm³/mol. The molecule has 0 aliphatic heterocycles. The van der Waals surface area contributed by atoms with Crippen LogP contribution in [0.4, 0.5) is 13.2 Å². The van der Waals surface area contributed by atoms with Crippen LogP contribution in [0.25, 0.3) is 0 Å². The number of benzene rings is 1. The molecule has 4 heteroatoms. The first-order valence-corrected chi connectivity index (χ1v) is 4.13. The van der Waals surface area contributed by atoms with Crippen LogP contribution in [0.2, 0.25) is 0 Å². The molecule has 0 aromatic heterocycles. The lowest BCUT2D eigenvalue weighted by Crippen LogP contribution is -2.05. The molecule has 1 rings (SSSR count). The first-order valence-electron chi connectivity index (χ1n) is 4.13. The highest BCUT2D eigenvalue weighted by molar-refractivity contribution is 5.98. The van der Waals surface area contributed by atoms with Gasteiger partial charge < -0.3 is 0 Å². The zero-order valence-electron chi connectivity index (χ0n) is 7.90. The molecule has 0 saturated heterocycles. The molecule has 1 nitrogen and oxygen atoms in total. The van der Waals surface area contributed by atoms with Gasteiger partial charge in [-0.3, -0.25) is 4.79 Å². The SMILES string of the molecule is CC#CCC(=O)c1c(F)cc(F)cc1F. The molecule has 1 aromatic carbocycles. The first-order chi connectivity index (χ1) is 7.06. The number of hydrogen-bond acceptors (Lipinski definition) is 1. The number of rotatable bonds is 2. The van der Waals surface area contributed by atoms with Crippen molar-refractivity contribution >= 4 is 5.78 Å². The number of carbonyl (C=O) groups excluding carboxylic acids is 1. The molecule has 0 fully saturated rings. The summed E-state index contributed by atoms with van der Waals surface area (Å²) >= 11 is 0. The Balaban J connectivity index is 3.12. The minimum atomic E-state index is -1.20. The number of Topliss-reactive ketones (excluding diaryl/α,β-unsaturated/α-hetero) is 1. The van der Waals surface area contributed by atoms with Gasteiger partial charge in [-0.05, 0) is 6.92 Å². The molecule has 0 radical (unpaired) electrons. The van der Waals surface area contributed by atoms with E-state index in [1.165, 1.54) is 6.92 Å². The molecule has 0 bridgehead atoms. The second-order valence-electron chi connectivity index (χ2n) is 2.77. The summed E-state index contributed by atoms with van der Waals surface area (Å²) in [6, 6.07) is 0.936. The number of carbonyl (C=O) groups is 1. The fraction of sp³-hybridized carbons (Fsp3) is 0.182. The lowest BCUT2D eigenvalue weighted by atomic mass is 10.1. The molecule has 0 spiro atoms. The topological polar surface area (TPSA) is 17.1 Å². The molecule has 0 aliphatic rings. The molecule has 0 N–H and O–H groups in total. The maximum Gasteiger partial charge on any atom is 0.180 e. The van der Waals surface area contributed by atoms with E-state index in [1.807, 2.05) is 0 Å². The van der Waals surface area contributed by atoms with Crippen molar-refractivity contribution in [2.75, 3.05) is 0 Å². The Bertz CT molecular complexity index is 432. The summed E-state index contributed by atoms with van der Waals surface area (Å²) in [5.41, 5.74) is -0.737. The lowest BCUT2D eigenvalue weighted by molar-refractivity contribution is 0.0990. The van der Waals surface area contributed by atoms with Crippen LogP contribution in [0.5, 0.6) is 0 Å². The zero-order chi connectivity index (χ0) is 11.4. The summed E-state index contributed by atoms with van der Waals surface area (Å²) in [6.45, 7) is 1.50. The van der Waals surface area contributed by atoms with Crippen LogP contribution in [0.1, 0.15) is 23.7 Å². The highest BCUT2D eigenvalue weighted by Gasteiger charge is 2.17. The highest BCUT2D eigenvalue weighted by atomic mass is 19.1. The third-order valence-electron chi connectivity index (χ3n) is 1.71. The summed E-state index contributed by atoms with van der Waals surface area (Å²) in [4.78, 5) is 11.3. The van der Waals surface area contributed by atoms with Crippen LogP contribution in [0.15, 0.2) is 12.1 Å². The van der Waals surface area contributed by atoms with E-state index < -0.39 is 28.8 Å². The first kappa shape index (κ1) is 11.3. The molecule has 1 aromatic rings. The van der Waals surface area contributed by atoms with Crippen LogP contribution in [0.3, 0.4) is 0 Å². The maximum atomic E-state index is 13.0. The van der Waals surface area contributed by atoms with Gasteiger partial charge >= 0.3 is 0 Å². The van der Waals surface area contributed by atoms with E-state index in [-0.39, 0.29) is 6.42 Å². The van der Waals surface area contributed by atoms with Crippen LogP contribution in [-0.4, -0.2) is 5.78 Å². The summed E-state index contributed by atoms with van der Waals surface area (Å²) in [5.74, 6) is 0.575. The van der Waals surface area contributed by atoms with E-state index in [4.69, 9.17) is 0 Å². The van der Waals surface area contributed by atoms with E-state index in [9.17, 15) is 18.0 Å². The quantitative estimate of drug-likeness (QED) is 0.544. The van der Waals surface area contributed by atoms with Crippen LogP contribution in [0, 0.1) is 29.3 Å². The van der Waals surface area contributed by atoms with Crippen molar-refractivity contribution < 1.29 is 18.0 Å². The molecule has 78 valence electrons. The molecular formula is C11H7F3O. The van der Waals surface area contributed by atoms with E-state index in [2.05, 4.69) is 11.8 Å². The summed E-state index contributed by atoms with van der Waals surface area (Å²) in [7, 11) is 0. The summed E-state index contributed by atoms with van der Waals surface area (Å²) in [5, 5.41) is 0. The van der Waals surface area contributed by atoms with Crippen molar-refractivity contribution in [1.29, 1.82) is 0 Å². The van der Waals surface area contributed by atoms with Crippen molar-refractivity contribution in [3.8, 4) is 11.8 Å². The van der Waals surface area contributed by atoms with Gasteiger partial charge in [-0.2, -0.15) is 0 Å². The Morgan fingerprint density at radius 2 is 1.80 bits per heavy atom. The third-order valence-corrected chi connectivity index (χ3v) is 1.71. The maximum absolute atomic E-state index is 13.0. The van der Waals surface area contributed by atoms with Gasteiger partial charge in [0.15, 0.2) is 5.78 Å². The van der Waals surface area contributed by atoms with Crippen molar-refractivity contribution in [3.05, 3.63) is 35.1 Å². The Hall–Kier alpha value is -1.76. The fourth-order valence-electron chi connectivity index (χ4n) is 1.07. The highest BCUT2D eigenvalue weighted by Crippen LogP contribution is 2.16. The molecule has 15 heavy (non-hydrogen) atoms. The molecule has 0 heterocycles. The van der Waals surface area contributed by atoms with Gasteiger partial charge in [-0.1, -0.05) is 5.92 Å². The van der Waals surface area contributed by atoms with E-state index in [0.29, 0.717) is 12.1 Å². The van der Waals surface area contributed by atoms with E-state index in [1.54, 1.807) is 0 Å². The van der Waals surface area contributed by atoms with Crippen LogP contribution < -0.4 is 0 Å². The molecule has 0 unspecified atom stereocenters. The van der Waals surface area contributed by atoms with Crippen molar-refractivity contribution in [3.63, 3.8) is 0 Å². The van der Waals surface area contributed by atoms with Crippen molar-refractivity contribution in [2.45, 2.75) is 13.3 Å². The van der Waals surface area contributed by atoms with Crippen molar-refractivity contribution in [1.82, 2.24) is 0 Å². The average molecular weight is 212 g/mol. The molecular weight excluding hydrogens is 205 g/mol. The minimum Gasteiger partial charge on any atom is -0.293 e. The largest absolute Gasteiger partial charge is 0.293 e. The molecule has 0 amide bonds. The van der Waals surface area contributed by atoms with E-state index >= 15 is 0 Å². The zero-order valence-corrected chi connectivity index (χ0v) is 7.90. The number of hydrogen-bond donors (Lipinski definition) is 0. The fourth-order valence-corrected chi connectivity index (χ4v) is 1.07. The van der Waals surface area contributed by atoms with Crippen LogP contribution in [-0.2, 0) is 0 Å². The van der Waals surface area contributed by atoms with Gasteiger partial charge in [-0.25, -0.2) is 13.2 Å². The Labute approximate surface area is 84.9 Å². The number of halogens is 3. The third kappa shape index (κ3) is 2.59. The predicted octanol–water partition coefficient (Wildman–Crippen LogP) is 2.70. The van der Waals surface area contributed by atoms with Gasteiger partial charge in [-0.15, -0.1) is 5.92 Å². The second kappa shape index (κ2) is 4.65. The molecule has 0 atom stereocenters. The molecule has 0 aliphatic carbocycles. The monoisotopic (exact) mass is 212 g/mol. The Kier molecular flexibility index (Phi) is 3.51. The van der Waals surface area contributed by atoms with Gasteiger partial charge in [0.2, 0.25) is 0 Å². The van der Waals surface area contributed by atoms with Gasteiger partial charge in [0.1, 0.15) is 17.5 Å². The van der Waals surface area contributed by atoms with Gasteiger partial charge in [0, 0.05) is 12.1 Å². The second-order valence-corrected chi connectivity index (χ2v) is 2.77. The standard InChI is InChI=1S/C11H7F3O/c1-2-3-4-10(15)11-8(13)5-7(12)6-9(11)14/h5-6H,4H2,1H3. The van der Waals surface area contributed by atoms with Crippen molar-refractivity contribution in [2.24, 2.45) is 0 Å².